The molecule has 2 aliphatic heterocycles. The first-order valence-electron chi connectivity index (χ1n) is 10.5. The molecule has 25 heavy (non-hydrogen) atoms. The van der Waals surface area contributed by atoms with Crippen LogP contribution in [0.4, 0.5) is 0 Å². The van der Waals surface area contributed by atoms with Gasteiger partial charge in [-0.1, -0.05) is 12.8 Å². The van der Waals surface area contributed by atoms with E-state index in [1.54, 1.807) is 0 Å². The summed E-state index contributed by atoms with van der Waals surface area (Å²) in [4.78, 5) is 26.6. The highest BCUT2D eigenvalue weighted by atomic mass is 16.2. The molecule has 0 aromatic carbocycles. The highest BCUT2D eigenvalue weighted by Crippen LogP contribution is 2.27. The molecule has 0 radical (unpaired) electrons. The highest BCUT2D eigenvalue weighted by molar-refractivity contribution is 5.77. The van der Waals surface area contributed by atoms with Crippen LogP contribution in [0.25, 0.3) is 0 Å². The van der Waals surface area contributed by atoms with E-state index < -0.39 is 0 Å². The average Bonchev–Trinajstić information content (AvgIpc) is 3.14. The maximum Gasteiger partial charge on any atom is 0.222 e. The minimum absolute atomic E-state index is 0.225. The molecule has 2 amide bonds. The van der Waals surface area contributed by atoms with E-state index in [1.165, 1.54) is 38.5 Å². The molecular formula is C20H35N3O2. The van der Waals surface area contributed by atoms with Crippen LogP contribution in [0.1, 0.15) is 70.6 Å². The lowest BCUT2D eigenvalue weighted by Gasteiger charge is -2.33. The van der Waals surface area contributed by atoms with E-state index in [0.717, 1.165) is 51.4 Å². The van der Waals surface area contributed by atoms with Crippen molar-refractivity contribution in [2.75, 3.05) is 26.2 Å². The Hall–Kier alpha value is -1.10. The first kappa shape index (κ1) is 18.7. The lowest BCUT2D eigenvalue weighted by Crippen LogP contribution is -2.46. The normalized spacial score (nSPS) is 23.8. The molecule has 0 aromatic heterocycles. The van der Waals surface area contributed by atoms with E-state index in [-0.39, 0.29) is 11.9 Å². The Morgan fingerprint density at radius 1 is 0.920 bits per heavy atom. The molecule has 2 N–H and O–H groups in total. The van der Waals surface area contributed by atoms with Crippen LogP contribution in [0.5, 0.6) is 0 Å². The number of piperidine rings is 2. The van der Waals surface area contributed by atoms with E-state index in [4.69, 9.17) is 0 Å². The molecule has 0 atom stereocenters. The molecule has 3 rings (SSSR count). The number of rotatable bonds is 6. The molecule has 1 saturated carbocycles. The summed E-state index contributed by atoms with van der Waals surface area (Å²) in [5.74, 6) is 1.87. The zero-order valence-electron chi connectivity index (χ0n) is 15.6. The molecule has 2 saturated heterocycles. The summed E-state index contributed by atoms with van der Waals surface area (Å²) in [6.45, 7) is 3.81. The Balaban J connectivity index is 1.30. The number of amides is 2. The number of nitrogens with zero attached hydrogens (tertiary/aromatic N) is 1. The predicted molar refractivity (Wildman–Crippen MR) is 99.1 cm³/mol. The minimum Gasteiger partial charge on any atom is -0.353 e. The van der Waals surface area contributed by atoms with E-state index in [1.807, 2.05) is 4.90 Å². The fraction of sp³-hybridized carbons (Fsp3) is 0.900. The van der Waals surface area contributed by atoms with Crippen molar-refractivity contribution in [2.24, 2.45) is 11.8 Å². The zero-order valence-corrected chi connectivity index (χ0v) is 15.6. The molecule has 3 fully saturated rings. The average molecular weight is 350 g/mol. The number of carbonyl (C=O) groups excluding carboxylic acids is 2. The quantitative estimate of drug-likeness (QED) is 0.774. The van der Waals surface area contributed by atoms with E-state index in [9.17, 15) is 9.59 Å². The van der Waals surface area contributed by atoms with Gasteiger partial charge in [0.2, 0.25) is 11.8 Å². The third-order valence-corrected chi connectivity index (χ3v) is 6.39. The van der Waals surface area contributed by atoms with Crippen molar-refractivity contribution in [1.29, 1.82) is 0 Å². The molecule has 2 heterocycles. The number of hydrogen-bond acceptors (Lipinski definition) is 3. The molecule has 3 aliphatic rings. The van der Waals surface area contributed by atoms with Crippen LogP contribution >= 0.6 is 0 Å². The van der Waals surface area contributed by atoms with Gasteiger partial charge in [-0.2, -0.15) is 0 Å². The predicted octanol–water partition coefficient (Wildman–Crippen LogP) is 2.45. The van der Waals surface area contributed by atoms with Crippen LogP contribution in [0.15, 0.2) is 0 Å². The Labute approximate surface area is 152 Å². The lowest BCUT2D eigenvalue weighted by molar-refractivity contribution is -0.132. The molecule has 0 bridgehead atoms. The van der Waals surface area contributed by atoms with Gasteiger partial charge in [0, 0.05) is 32.0 Å². The van der Waals surface area contributed by atoms with Gasteiger partial charge in [0.15, 0.2) is 0 Å². The van der Waals surface area contributed by atoms with Gasteiger partial charge in [-0.25, -0.2) is 0 Å². The van der Waals surface area contributed by atoms with Crippen LogP contribution in [-0.4, -0.2) is 48.9 Å². The lowest BCUT2D eigenvalue weighted by atomic mass is 9.92. The monoisotopic (exact) mass is 349 g/mol. The maximum atomic E-state index is 12.4. The Kier molecular flexibility index (Phi) is 7.14. The standard InChI is InChI=1S/C20H35N3O2/c24-19(15-17-3-1-2-4-17)22-18-9-13-23(14-10-18)20(25)6-5-16-7-11-21-12-8-16/h16-18,21H,1-15H2,(H,22,24). The first-order valence-corrected chi connectivity index (χ1v) is 10.5. The first-order chi connectivity index (χ1) is 12.2. The Bertz CT molecular complexity index is 434. The van der Waals surface area contributed by atoms with Crippen molar-refractivity contribution in [3.8, 4) is 0 Å². The van der Waals surface area contributed by atoms with Gasteiger partial charge in [-0.05, 0) is 69.9 Å². The van der Waals surface area contributed by atoms with Crippen LogP contribution < -0.4 is 10.6 Å². The number of nitrogens with one attached hydrogen (secondary N) is 2. The topological polar surface area (TPSA) is 61.4 Å². The minimum atomic E-state index is 0.225. The second-order valence-electron chi connectivity index (χ2n) is 8.31. The van der Waals surface area contributed by atoms with Crippen molar-refractivity contribution in [3.05, 3.63) is 0 Å². The fourth-order valence-electron chi connectivity index (χ4n) is 4.69. The van der Waals surface area contributed by atoms with Crippen LogP contribution in [0.3, 0.4) is 0 Å². The van der Waals surface area contributed by atoms with Gasteiger partial charge in [-0.3, -0.25) is 9.59 Å². The molecule has 0 spiro atoms. The van der Waals surface area contributed by atoms with Gasteiger partial charge in [0.25, 0.3) is 0 Å². The van der Waals surface area contributed by atoms with Gasteiger partial charge in [0.1, 0.15) is 0 Å². The van der Waals surface area contributed by atoms with Crippen LogP contribution in [0, 0.1) is 11.8 Å². The van der Waals surface area contributed by atoms with E-state index >= 15 is 0 Å². The molecular weight excluding hydrogens is 314 g/mol. The van der Waals surface area contributed by atoms with Crippen molar-refractivity contribution >= 4 is 11.8 Å². The maximum absolute atomic E-state index is 12.4. The molecule has 0 aromatic rings. The third-order valence-electron chi connectivity index (χ3n) is 6.39. The number of carbonyl (C=O) groups is 2. The highest BCUT2D eigenvalue weighted by Gasteiger charge is 2.26. The summed E-state index contributed by atoms with van der Waals surface area (Å²) < 4.78 is 0. The second kappa shape index (κ2) is 9.56. The molecule has 1 aliphatic carbocycles. The number of likely N-dealkylation sites (tertiary alicyclic amines) is 1. The molecule has 142 valence electrons. The van der Waals surface area contributed by atoms with Crippen molar-refractivity contribution in [2.45, 2.75) is 76.7 Å². The molecule has 5 heteroatoms. The largest absolute Gasteiger partial charge is 0.353 e. The molecule has 5 nitrogen and oxygen atoms in total. The fourth-order valence-corrected chi connectivity index (χ4v) is 4.69. The van der Waals surface area contributed by atoms with Crippen molar-refractivity contribution < 1.29 is 9.59 Å². The number of hydrogen-bond donors (Lipinski definition) is 2. The van der Waals surface area contributed by atoms with Gasteiger partial charge in [0.05, 0.1) is 0 Å². The Morgan fingerprint density at radius 2 is 1.60 bits per heavy atom. The van der Waals surface area contributed by atoms with E-state index in [2.05, 4.69) is 10.6 Å². The zero-order chi connectivity index (χ0) is 17.5. The van der Waals surface area contributed by atoms with Gasteiger partial charge in [-0.15, -0.1) is 0 Å². The summed E-state index contributed by atoms with van der Waals surface area (Å²) in [6.07, 6.45) is 11.7. The van der Waals surface area contributed by atoms with Crippen molar-refractivity contribution in [3.63, 3.8) is 0 Å². The SMILES string of the molecule is O=C(CC1CCCC1)NC1CCN(C(=O)CCC2CCNCC2)CC1. The summed E-state index contributed by atoms with van der Waals surface area (Å²) in [5.41, 5.74) is 0. The van der Waals surface area contributed by atoms with Gasteiger partial charge >= 0.3 is 0 Å². The van der Waals surface area contributed by atoms with Crippen LogP contribution in [-0.2, 0) is 9.59 Å². The molecule has 0 unspecified atom stereocenters. The van der Waals surface area contributed by atoms with Gasteiger partial charge < -0.3 is 15.5 Å². The summed E-state index contributed by atoms with van der Waals surface area (Å²) in [6, 6.07) is 0.266. The summed E-state index contributed by atoms with van der Waals surface area (Å²) >= 11 is 0. The Morgan fingerprint density at radius 3 is 2.28 bits per heavy atom. The van der Waals surface area contributed by atoms with Crippen molar-refractivity contribution in [1.82, 2.24) is 15.5 Å². The summed E-state index contributed by atoms with van der Waals surface area (Å²) in [5, 5.41) is 6.58. The second-order valence-corrected chi connectivity index (χ2v) is 8.31. The van der Waals surface area contributed by atoms with E-state index in [0.29, 0.717) is 24.7 Å². The summed E-state index contributed by atoms with van der Waals surface area (Å²) in [7, 11) is 0. The van der Waals surface area contributed by atoms with Crippen LogP contribution in [0.2, 0.25) is 0 Å². The third kappa shape index (κ3) is 5.98. The smallest absolute Gasteiger partial charge is 0.222 e.